The van der Waals surface area contributed by atoms with E-state index in [0.717, 1.165) is 93.6 Å². The maximum Gasteiger partial charge on any atom is 0.298 e. The van der Waals surface area contributed by atoms with Crippen LogP contribution in [-0.4, -0.2) is 90.0 Å². The molecule has 0 aliphatic carbocycles. The van der Waals surface area contributed by atoms with Gasteiger partial charge in [-0.05, 0) is 81.2 Å². The third-order valence-electron chi connectivity index (χ3n) is 7.50. The largest absolute Gasteiger partial charge is 0.493 e. The van der Waals surface area contributed by atoms with Crippen LogP contribution in [-0.2, 0) is 11.3 Å². The fraction of sp³-hybridized carbons (Fsp3) is 0.382. The quantitative estimate of drug-likeness (QED) is 0.257. The molecular formula is C34H41N7O2. The molecule has 3 aromatic rings. The molecular weight excluding hydrogens is 538 g/mol. The molecule has 0 radical (unpaired) electrons. The van der Waals surface area contributed by atoms with Gasteiger partial charge < -0.3 is 20.3 Å². The van der Waals surface area contributed by atoms with E-state index in [1.807, 2.05) is 35.2 Å². The Morgan fingerprint density at radius 2 is 1.98 bits per heavy atom. The van der Waals surface area contributed by atoms with Crippen molar-refractivity contribution in [2.75, 3.05) is 70.1 Å². The Balaban J connectivity index is 1.26. The Morgan fingerprint density at radius 1 is 1.09 bits per heavy atom. The van der Waals surface area contributed by atoms with Gasteiger partial charge in [-0.15, -0.1) is 0 Å². The Kier molecular flexibility index (Phi) is 10.6. The summed E-state index contributed by atoms with van der Waals surface area (Å²) in [6.07, 6.45) is 8.03. The van der Waals surface area contributed by atoms with Gasteiger partial charge in [-0.3, -0.25) is 14.6 Å². The first kappa shape index (κ1) is 30.1. The van der Waals surface area contributed by atoms with Crippen LogP contribution in [0.5, 0.6) is 5.75 Å². The number of ether oxygens (including phenoxy) is 1. The molecule has 1 saturated heterocycles. The highest BCUT2D eigenvalue weighted by atomic mass is 16.5. The van der Waals surface area contributed by atoms with Gasteiger partial charge in [-0.2, -0.15) is 0 Å². The smallest absolute Gasteiger partial charge is 0.298 e. The summed E-state index contributed by atoms with van der Waals surface area (Å²) in [6, 6.07) is 16.5. The van der Waals surface area contributed by atoms with E-state index >= 15 is 0 Å². The number of piperazine rings is 1. The van der Waals surface area contributed by atoms with Crippen LogP contribution in [0.15, 0.2) is 66.9 Å². The number of benzene rings is 2. The monoisotopic (exact) mass is 579 g/mol. The number of likely N-dealkylation sites (N-methyl/N-ethyl adjacent to an activating group) is 1. The van der Waals surface area contributed by atoms with Gasteiger partial charge in [0.2, 0.25) is 5.95 Å². The Hall–Kier alpha value is -4.39. The molecule has 1 amide bonds. The van der Waals surface area contributed by atoms with Crippen molar-refractivity contribution in [1.29, 1.82) is 0 Å². The summed E-state index contributed by atoms with van der Waals surface area (Å²) < 4.78 is 5.98. The Morgan fingerprint density at radius 3 is 2.84 bits per heavy atom. The van der Waals surface area contributed by atoms with Gasteiger partial charge in [-0.25, -0.2) is 9.97 Å². The first-order valence-corrected chi connectivity index (χ1v) is 15.0. The minimum absolute atomic E-state index is 0.0649. The van der Waals surface area contributed by atoms with E-state index in [9.17, 15) is 4.79 Å². The molecule has 0 atom stereocenters. The van der Waals surface area contributed by atoms with Crippen LogP contribution in [0, 0.1) is 11.8 Å². The lowest BCUT2D eigenvalue weighted by Crippen LogP contribution is -2.48. The lowest BCUT2D eigenvalue weighted by Gasteiger charge is -2.33. The van der Waals surface area contributed by atoms with Crippen LogP contribution in [0.3, 0.4) is 0 Å². The highest BCUT2D eigenvalue weighted by Gasteiger charge is 2.19. The van der Waals surface area contributed by atoms with Crippen LogP contribution in [0.1, 0.15) is 25.3 Å². The normalized spacial score (nSPS) is 16.8. The number of rotatable bonds is 5. The molecule has 1 aromatic heterocycles. The number of nitrogens with one attached hydrogen (secondary N) is 2. The number of hydrogen-bond acceptors (Lipinski definition) is 8. The number of carbonyl (C=O) groups excluding carboxylic acids is 1. The molecule has 5 rings (SSSR count). The molecule has 6 bridgehead atoms. The SMILES string of the molecule is CC#CC(=O)N1CCN(CCCNc2cc3cc(c2)Nc2nccc(n2)-c2cccc(c2)OCC/C=C/CN(C)C3)CC1. The van der Waals surface area contributed by atoms with Crippen molar-refractivity contribution >= 4 is 23.2 Å². The van der Waals surface area contributed by atoms with Gasteiger partial charge in [0.15, 0.2) is 0 Å². The maximum atomic E-state index is 12.0. The fourth-order valence-electron chi connectivity index (χ4n) is 5.30. The Bertz CT molecular complexity index is 1470. The second-order valence-corrected chi connectivity index (χ2v) is 10.9. The summed E-state index contributed by atoms with van der Waals surface area (Å²) in [7, 11) is 2.13. The number of nitrogens with zero attached hydrogens (tertiary/aromatic N) is 5. The predicted molar refractivity (Wildman–Crippen MR) is 172 cm³/mol. The molecule has 2 N–H and O–H groups in total. The second-order valence-electron chi connectivity index (χ2n) is 10.9. The minimum atomic E-state index is -0.0649. The summed E-state index contributed by atoms with van der Waals surface area (Å²) in [5.74, 6) is 6.67. The highest BCUT2D eigenvalue weighted by molar-refractivity contribution is 5.93. The van der Waals surface area contributed by atoms with E-state index in [2.05, 4.69) is 74.7 Å². The van der Waals surface area contributed by atoms with Gasteiger partial charge >= 0.3 is 0 Å². The molecule has 2 aliphatic heterocycles. The topological polar surface area (TPSA) is 85.9 Å². The van der Waals surface area contributed by atoms with Gasteiger partial charge in [-0.1, -0.05) is 30.2 Å². The molecule has 2 aromatic carbocycles. The first-order valence-electron chi connectivity index (χ1n) is 15.0. The summed E-state index contributed by atoms with van der Waals surface area (Å²) in [5.41, 5.74) is 5.03. The molecule has 1 fully saturated rings. The molecule has 9 heteroatoms. The number of aromatic nitrogens is 2. The van der Waals surface area contributed by atoms with Crippen LogP contribution in [0.25, 0.3) is 11.3 Å². The zero-order chi connectivity index (χ0) is 29.9. The highest BCUT2D eigenvalue weighted by Crippen LogP contribution is 2.26. The number of amides is 1. The van der Waals surface area contributed by atoms with Crippen LogP contribution in [0.4, 0.5) is 17.3 Å². The fourth-order valence-corrected chi connectivity index (χ4v) is 5.30. The summed E-state index contributed by atoms with van der Waals surface area (Å²) >= 11 is 0. The van der Waals surface area contributed by atoms with Crippen molar-refractivity contribution in [2.24, 2.45) is 0 Å². The number of carbonyl (C=O) groups is 1. The number of fused-ring (bicyclic) bond motifs is 7. The molecule has 2 aliphatic rings. The van der Waals surface area contributed by atoms with Crippen LogP contribution < -0.4 is 15.4 Å². The van der Waals surface area contributed by atoms with Gasteiger partial charge in [0.1, 0.15) is 5.75 Å². The van der Waals surface area contributed by atoms with Crippen molar-refractivity contribution in [1.82, 2.24) is 24.7 Å². The molecule has 0 saturated carbocycles. The van der Waals surface area contributed by atoms with E-state index in [1.165, 1.54) is 5.56 Å². The van der Waals surface area contributed by atoms with E-state index in [0.29, 0.717) is 12.6 Å². The Labute approximate surface area is 255 Å². The predicted octanol–water partition coefficient (Wildman–Crippen LogP) is 4.63. The standard InChI is InChI=1S/C34H41N7O2/c1-3-9-33(42)41-19-17-40(18-20-41)16-8-13-35-29-22-27-23-30(25-29)37-34-36-14-12-32(38-34)28-10-7-11-31(24-28)43-21-6-4-5-15-39(2)26-27/h4-5,7,10-12,14,22-25,35H,6,8,13,15-21,26H2,1-2H3,(H,36,37,38)/b5-4+. The van der Waals surface area contributed by atoms with E-state index < -0.39 is 0 Å². The van der Waals surface area contributed by atoms with Crippen LogP contribution >= 0.6 is 0 Å². The van der Waals surface area contributed by atoms with E-state index in [4.69, 9.17) is 9.72 Å². The third-order valence-corrected chi connectivity index (χ3v) is 7.50. The minimum Gasteiger partial charge on any atom is -0.493 e. The van der Waals surface area contributed by atoms with Crippen molar-refractivity contribution in [3.05, 3.63) is 72.4 Å². The summed E-state index contributed by atoms with van der Waals surface area (Å²) in [5, 5.41) is 7.07. The zero-order valence-corrected chi connectivity index (χ0v) is 25.2. The lowest BCUT2D eigenvalue weighted by molar-refractivity contribution is -0.126. The maximum absolute atomic E-state index is 12.0. The first-order chi connectivity index (χ1) is 21.1. The van der Waals surface area contributed by atoms with Crippen molar-refractivity contribution in [3.63, 3.8) is 0 Å². The molecule has 224 valence electrons. The lowest BCUT2D eigenvalue weighted by atomic mass is 10.1. The summed E-state index contributed by atoms with van der Waals surface area (Å²) in [4.78, 5) is 27.9. The zero-order valence-electron chi connectivity index (χ0n) is 25.2. The molecule has 0 spiro atoms. The van der Waals surface area contributed by atoms with Crippen LogP contribution in [0.2, 0.25) is 0 Å². The average Bonchev–Trinajstić information content (AvgIpc) is 3.01. The molecule has 9 nitrogen and oxygen atoms in total. The van der Waals surface area contributed by atoms with Gasteiger partial charge in [0.25, 0.3) is 5.91 Å². The number of hydrogen-bond donors (Lipinski definition) is 2. The van der Waals surface area contributed by atoms with E-state index in [-0.39, 0.29) is 5.91 Å². The van der Waals surface area contributed by atoms with Crippen molar-refractivity contribution in [2.45, 2.75) is 26.3 Å². The van der Waals surface area contributed by atoms with Gasteiger partial charge in [0.05, 0.1) is 12.3 Å². The molecule has 43 heavy (non-hydrogen) atoms. The van der Waals surface area contributed by atoms with Crippen molar-refractivity contribution in [3.8, 4) is 28.8 Å². The average molecular weight is 580 g/mol. The summed E-state index contributed by atoms with van der Waals surface area (Å²) in [6.45, 7) is 9.08. The van der Waals surface area contributed by atoms with Crippen molar-refractivity contribution < 1.29 is 9.53 Å². The third kappa shape index (κ3) is 9.05. The molecule has 0 unspecified atom stereocenters. The van der Waals surface area contributed by atoms with Gasteiger partial charge in [0, 0.05) is 68.9 Å². The second kappa shape index (κ2) is 15.2. The molecule has 3 heterocycles. The number of anilines is 3. The van der Waals surface area contributed by atoms with E-state index in [1.54, 1.807) is 13.1 Å².